The highest BCUT2D eigenvalue weighted by molar-refractivity contribution is 6.05. The average Bonchev–Trinajstić information content (AvgIpc) is 2.86. The minimum Gasteiger partial charge on any atom is -0.326 e. The zero-order chi connectivity index (χ0) is 24.6. The van der Waals surface area contributed by atoms with Crippen molar-refractivity contribution in [2.24, 2.45) is 5.92 Å². The third kappa shape index (κ3) is 7.20. The number of benzene rings is 2. The lowest BCUT2D eigenvalue weighted by molar-refractivity contribution is -0.116. The van der Waals surface area contributed by atoms with Crippen LogP contribution in [0.15, 0.2) is 36.4 Å². The molecule has 1 aliphatic carbocycles. The highest BCUT2D eigenvalue weighted by Crippen LogP contribution is 2.38. The van der Waals surface area contributed by atoms with Gasteiger partial charge < -0.3 is 5.32 Å². The van der Waals surface area contributed by atoms with Gasteiger partial charge in [-0.2, -0.15) is 0 Å². The van der Waals surface area contributed by atoms with Gasteiger partial charge in [-0.05, 0) is 80.4 Å². The summed E-state index contributed by atoms with van der Waals surface area (Å²) in [6.45, 7) is 7.35. The van der Waals surface area contributed by atoms with Crippen molar-refractivity contribution in [2.45, 2.75) is 91.0 Å². The summed E-state index contributed by atoms with van der Waals surface area (Å²) >= 11 is 0. The fourth-order valence-electron chi connectivity index (χ4n) is 5.84. The second-order valence-electron chi connectivity index (χ2n) is 10.5. The first-order chi connectivity index (χ1) is 17.1. The number of rotatable bonds is 12. The van der Waals surface area contributed by atoms with E-state index in [-0.39, 0.29) is 24.2 Å². The van der Waals surface area contributed by atoms with Crippen molar-refractivity contribution in [2.75, 3.05) is 18.4 Å². The van der Waals surface area contributed by atoms with Crippen LogP contribution < -0.4 is 5.32 Å². The van der Waals surface area contributed by atoms with Crippen LogP contribution in [0.1, 0.15) is 97.3 Å². The number of amides is 1. The molecule has 1 N–H and O–H groups in total. The third-order valence-electron chi connectivity index (χ3n) is 7.87. The quantitative estimate of drug-likeness (QED) is 0.305. The molecule has 4 nitrogen and oxygen atoms in total. The van der Waals surface area contributed by atoms with E-state index in [2.05, 4.69) is 60.5 Å². The maximum absolute atomic E-state index is 13.7. The highest BCUT2D eigenvalue weighted by atomic mass is 35.5. The van der Waals surface area contributed by atoms with Gasteiger partial charge in [-0.3, -0.25) is 14.5 Å². The predicted molar refractivity (Wildman–Crippen MR) is 151 cm³/mol. The smallest absolute Gasteiger partial charge is 0.224 e. The highest BCUT2D eigenvalue weighted by Gasteiger charge is 2.33. The maximum atomic E-state index is 13.7. The Kier molecular flexibility index (Phi) is 11.0. The molecule has 1 atom stereocenters. The number of ketones is 1. The van der Waals surface area contributed by atoms with Gasteiger partial charge in [0.1, 0.15) is 0 Å². The molecule has 4 rings (SSSR count). The number of carbonyl (C=O) groups is 2. The van der Waals surface area contributed by atoms with Gasteiger partial charge in [0, 0.05) is 30.1 Å². The van der Waals surface area contributed by atoms with Gasteiger partial charge in [0.15, 0.2) is 5.78 Å². The van der Waals surface area contributed by atoms with Gasteiger partial charge in [0.25, 0.3) is 0 Å². The average molecular weight is 511 g/mol. The van der Waals surface area contributed by atoms with Gasteiger partial charge in [0.05, 0.1) is 0 Å². The van der Waals surface area contributed by atoms with E-state index in [0.717, 1.165) is 61.3 Å². The fraction of sp³-hybridized carbons (Fsp3) is 0.548. The Morgan fingerprint density at radius 3 is 2.44 bits per heavy atom. The molecule has 2 aliphatic rings. The lowest BCUT2D eigenvalue weighted by Crippen LogP contribution is -2.32. The Labute approximate surface area is 223 Å². The molecule has 2 aromatic carbocycles. The van der Waals surface area contributed by atoms with E-state index in [1.54, 1.807) is 0 Å². The van der Waals surface area contributed by atoms with Crippen LogP contribution in [0.2, 0.25) is 0 Å². The molecular formula is C31H43ClN2O2. The molecule has 2 aromatic rings. The molecule has 5 heteroatoms. The molecule has 1 aliphatic heterocycles. The SMILES string of the molecule is CCCCCCCCN(CCC1CCc2c(C)cc3c(c2C1=O)CCC(=O)N3)Cc1ccccc1.Cl. The summed E-state index contributed by atoms with van der Waals surface area (Å²) in [6, 6.07) is 12.8. The summed E-state index contributed by atoms with van der Waals surface area (Å²) in [7, 11) is 0. The van der Waals surface area contributed by atoms with Crippen molar-refractivity contribution in [3.8, 4) is 0 Å². The zero-order valence-electron chi connectivity index (χ0n) is 22.1. The minimum atomic E-state index is 0. The van der Waals surface area contributed by atoms with Crippen LogP contribution in [0.4, 0.5) is 5.69 Å². The molecule has 0 spiro atoms. The number of hydrogen-bond acceptors (Lipinski definition) is 3. The molecule has 36 heavy (non-hydrogen) atoms. The van der Waals surface area contributed by atoms with E-state index >= 15 is 0 Å². The van der Waals surface area contributed by atoms with E-state index in [1.807, 2.05) is 0 Å². The maximum Gasteiger partial charge on any atom is 0.224 e. The van der Waals surface area contributed by atoms with E-state index < -0.39 is 0 Å². The van der Waals surface area contributed by atoms with Crippen molar-refractivity contribution in [3.05, 3.63) is 64.2 Å². The van der Waals surface area contributed by atoms with Crippen LogP contribution in [0.25, 0.3) is 0 Å². The van der Waals surface area contributed by atoms with Gasteiger partial charge in [-0.25, -0.2) is 0 Å². The number of nitrogens with zero attached hydrogens (tertiary/aromatic N) is 1. The van der Waals surface area contributed by atoms with Crippen LogP contribution in [-0.2, 0) is 24.2 Å². The number of fused-ring (bicyclic) bond motifs is 3. The van der Waals surface area contributed by atoms with Crippen molar-refractivity contribution < 1.29 is 9.59 Å². The van der Waals surface area contributed by atoms with Crippen LogP contribution in [0.3, 0.4) is 0 Å². The number of unbranched alkanes of at least 4 members (excludes halogenated alkanes) is 5. The summed E-state index contributed by atoms with van der Waals surface area (Å²) < 4.78 is 0. The second kappa shape index (κ2) is 13.9. The Bertz CT molecular complexity index is 1020. The summed E-state index contributed by atoms with van der Waals surface area (Å²) in [5, 5.41) is 3.01. The molecule has 0 saturated carbocycles. The van der Waals surface area contributed by atoms with Gasteiger partial charge in [0.2, 0.25) is 5.91 Å². The van der Waals surface area contributed by atoms with Crippen molar-refractivity contribution in [1.29, 1.82) is 0 Å². The molecule has 0 aromatic heterocycles. The van der Waals surface area contributed by atoms with E-state index in [1.165, 1.54) is 49.7 Å². The summed E-state index contributed by atoms with van der Waals surface area (Å²) in [4.78, 5) is 28.2. The molecule has 1 amide bonds. The lowest BCUT2D eigenvalue weighted by Gasteiger charge is -2.31. The first-order valence-corrected chi connectivity index (χ1v) is 13.8. The van der Waals surface area contributed by atoms with Crippen LogP contribution >= 0.6 is 12.4 Å². The molecule has 0 radical (unpaired) electrons. The summed E-state index contributed by atoms with van der Waals surface area (Å²) in [6.07, 6.45) is 11.8. The van der Waals surface area contributed by atoms with Crippen LogP contribution in [0.5, 0.6) is 0 Å². The predicted octanol–water partition coefficient (Wildman–Crippen LogP) is 7.30. The number of aryl methyl sites for hydroxylation is 1. The van der Waals surface area contributed by atoms with Gasteiger partial charge >= 0.3 is 0 Å². The van der Waals surface area contributed by atoms with Gasteiger partial charge in [-0.1, -0.05) is 69.4 Å². The molecule has 1 unspecified atom stereocenters. The number of carbonyl (C=O) groups excluding carboxylic acids is 2. The van der Waals surface area contributed by atoms with E-state index in [9.17, 15) is 9.59 Å². The number of halogens is 1. The Hall–Kier alpha value is -2.17. The Morgan fingerprint density at radius 2 is 1.67 bits per heavy atom. The largest absolute Gasteiger partial charge is 0.326 e. The standard InChI is InChI=1S/C31H42N2O2.ClH/c1-3-4-5-6-7-11-19-33(22-24-12-9-8-10-13-24)20-18-25-14-15-26-23(2)21-28-27(30(26)31(25)35)16-17-29(34)32-28;/h8-10,12-13,21,25H,3-7,11,14-20,22H2,1-2H3,(H,32,34);1H. The molecule has 0 saturated heterocycles. The van der Waals surface area contributed by atoms with Crippen LogP contribution in [-0.4, -0.2) is 29.7 Å². The lowest BCUT2D eigenvalue weighted by atomic mass is 9.76. The van der Waals surface area contributed by atoms with Crippen molar-refractivity contribution >= 4 is 29.8 Å². The van der Waals surface area contributed by atoms with E-state index in [4.69, 9.17) is 0 Å². The first kappa shape index (κ1) is 28.4. The normalized spacial score (nSPS) is 16.8. The molecule has 0 bridgehead atoms. The third-order valence-corrected chi connectivity index (χ3v) is 7.87. The summed E-state index contributed by atoms with van der Waals surface area (Å²) in [5.74, 6) is 0.443. The number of hydrogen-bond donors (Lipinski definition) is 1. The van der Waals surface area contributed by atoms with Crippen molar-refractivity contribution in [1.82, 2.24) is 4.90 Å². The van der Waals surface area contributed by atoms with Gasteiger partial charge in [-0.15, -0.1) is 12.4 Å². The van der Waals surface area contributed by atoms with E-state index in [0.29, 0.717) is 18.6 Å². The molecule has 0 fully saturated rings. The molecular weight excluding hydrogens is 468 g/mol. The van der Waals surface area contributed by atoms with Crippen molar-refractivity contribution in [3.63, 3.8) is 0 Å². The number of anilines is 1. The minimum absolute atomic E-state index is 0. The topological polar surface area (TPSA) is 49.4 Å². The zero-order valence-corrected chi connectivity index (χ0v) is 22.9. The molecule has 1 heterocycles. The Morgan fingerprint density at radius 1 is 0.917 bits per heavy atom. The second-order valence-corrected chi connectivity index (χ2v) is 10.5. The summed E-state index contributed by atoms with van der Waals surface area (Å²) in [5.41, 5.74) is 6.57. The monoisotopic (exact) mass is 510 g/mol. The van der Waals surface area contributed by atoms with Crippen LogP contribution in [0, 0.1) is 12.8 Å². The first-order valence-electron chi connectivity index (χ1n) is 13.8. The Balaban J connectivity index is 0.00000361. The number of Topliss-reactive ketones (excluding diaryl/α,β-unsaturated/α-hetero) is 1. The fourth-order valence-corrected chi connectivity index (χ4v) is 5.84. The number of nitrogens with one attached hydrogen (secondary N) is 1. The molecule has 196 valence electrons.